The molecule has 2 saturated heterocycles. The zero-order chi connectivity index (χ0) is 22.1. The number of hydrogen-bond donors (Lipinski definition) is 1. The first-order chi connectivity index (χ1) is 15.6. The summed E-state index contributed by atoms with van der Waals surface area (Å²) in [5.41, 5.74) is 1.16. The van der Waals surface area contributed by atoms with Gasteiger partial charge in [-0.25, -0.2) is 0 Å². The number of benzene rings is 1. The summed E-state index contributed by atoms with van der Waals surface area (Å²) in [5, 5.41) is 11.1. The van der Waals surface area contributed by atoms with E-state index in [4.69, 9.17) is 14.2 Å². The van der Waals surface area contributed by atoms with E-state index < -0.39 is 17.7 Å². The van der Waals surface area contributed by atoms with Gasteiger partial charge < -0.3 is 24.2 Å². The number of rotatable bonds is 5. The number of hydrogen-bond acceptors (Lipinski definition) is 8. The van der Waals surface area contributed by atoms with Gasteiger partial charge in [0.05, 0.1) is 24.8 Å². The number of ether oxygens (including phenoxy) is 3. The molecule has 0 bridgehead atoms. The summed E-state index contributed by atoms with van der Waals surface area (Å²) >= 11 is 0. The van der Waals surface area contributed by atoms with Crippen LogP contribution in [0.5, 0.6) is 11.5 Å². The fraction of sp³-hybridized carbons (Fsp3) is 0.348. The molecule has 4 heterocycles. The molecule has 1 aromatic carbocycles. The van der Waals surface area contributed by atoms with E-state index in [9.17, 15) is 14.7 Å². The van der Waals surface area contributed by atoms with Crippen LogP contribution in [0.2, 0.25) is 0 Å². The summed E-state index contributed by atoms with van der Waals surface area (Å²) in [6.45, 7) is 3.93. The number of Topliss-reactive ketones (excluding diaryl/α,β-unsaturated/α-hetero) is 1. The first kappa shape index (κ1) is 20.5. The van der Waals surface area contributed by atoms with Crippen molar-refractivity contribution < 1.29 is 28.9 Å². The van der Waals surface area contributed by atoms with Gasteiger partial charge in [-0.15, -0.1) is 0 Å². The number of ketones is 1. The van der Waals surface area contributed by atoms with Crippen LogP contribution in [0, 0.1) is 0 Å². The number of aliphatic hydroxyl groups excluding tert-OH is 1. The van der Waals surface area contributed by atoms with Crippen molar-refractivity contribution in [1.29, 1.82) is 0 Å². The average molecular weight is 437 g/mol. The maximum atomic E-state index is 13.1. The van der Waals surface area contributed by atoms with Crippen LogP contribution in [0.15, 0.2) is 48.3 Å². The number of aliphatic hydroxyl groups is 1. The van der Waals surface area contributed by atoms with Crippen LogP contribution < -0.4 is 9.47 Å². The summed E-state index contributed by atoms with van der Waals surface area (Å²) in [4.78, 5) is 33.9. The second kappa shape index (κ2) is 8.60. The molecule has 166 valence electrons. The van der Waals surface area contributed by atoms with Gasteiger partial charge >= 0.3 is 0 Å². The molecule has 0 aliphatic carbocycles. The van der Waals surface area contributed by atoms with E-state index in [0.717, 1.165) is 13.1 Å². The molecule has 9 nitrogen and oxygen atoms in total. The third kappa shape index (κ3) is 3.69. The van der Waals surface area contributed by atoms with Gasteiger partial charge in [-0.1, -0.05) is 0 Å². The van der Waals surface area contributed by atoms with Crippen LogP contribution in [0.1, 0.15) is 17.2 Å². The Kier molecular flexibility index (Phi) is 5.50. The quantitative estimate of drug-likeness (QED) is 0.427. The van der Waals surface area contributed by atoms with Crippen LogP contribution >= 0.6 is 0 Å². The topological polar surface area (TPSA) is 101 Å². The number of fused-ring (bicyclic) bond motifs is 1. The second-order valence-electron chi connectivity index (χ2n) is 7.80. The van der Waals surface area contributed by atoms with E-state index in [2.05, 4.69) is 9.88 Å². The van der Waals surface area contributed by atoms with Crippen molar-refractivity contribution in [3.8, 4) is 11.5 Å². The number of amides is 1. The Bertz CT molecular complexity index is 1060. The highest BCUT2D eigenvalue weighted by Crippen LogP contribution is 2.41. The lowest BCUT2D eigenvalue weighted by atomic mass is 9.96. The largest absolute Gasteiger partial charge is 0.507 e. The Morgan fingerprint density at radius 1 is 1.03 bits per heavy atom. The number of nitrogens with zero attached hydrogens (tertiary/aromatic N) is 3. The van der Waals surface area contributed by atoms with Gasteiger partial charge in [-0.2, -0.15) is 0 Å². The Morgan fingerprint density at radius 2 is 1.78 bits per heavy atom. The van der Waals surface area contributed by atoms with Gasteiger partial charge in [-0.05, 0) is 35.9 Å². The molecule has 9 heteroatoms. The molecular weight excluding hydrogens is 414 g/mol. The van der Waals surface area contributed by atoms with E-state index in [1.54, 1.807) is 42.7 Å². The smallest absolute Gasteiger partial charge is 0.295 e. The molecule has 1 atom stereocenters. The lowest BCUT2D eigenvalue weighted by Gasteiger charge is -2.30. The first-order valence-electron chi connectivity index (χ1n) is 10.5. The molecule has 5 rings (SSSR count). The second-order valence-corrected chi connectivity index (χ2v) is 7.80. The molecule has 2 fully saturated rings. The van der Waals surface area contributed by atoms with Crippen molar-refractivity contribution in [2.24, 2.45) is 0 Å². The van der Waals surface area contributed by atoms with Crippen LogP contribution in [0.25, 0.3) is 5.76 Å². The number of pyridine rings is 1. The fourth-order valence-corrected chi connectivity index (χ4v) is 4.28. The van der Waals surface area contributed by atoms with Gasteiger partial charge in [0.25, 0.3) is 11.7 Å². The fourth-order valence-electron chi connectivity index (χ4n) is 4.28. The van der Waals surface area contributed by atoms with Crippen LogP contribution in [-0.2, 0) is 14.3 Å². The molecule has 0 radical (unpaired) electrons. The molecule has 0 spiro atoms. The summed E-state index contributed by atoms with van der Waals surface area (Å²) < 4.78 is 16.1. The lowest BCUT2D eigenvalue weighted by molar-refractivity contribution is -0.140. The van der Waals surface area contributed by atoms with Gasteiger partial charge in [0.1, 0.15) is 5.76 Å². The van der Waals surface area contributed by atoms with Crippen molar-refractivity contribution in [2.75, 3.05) is 46.2 Å². The molecule has 0 unspecified atom stereocenters. The number of aromatic nitrogens is 1. The van der Waals surface area contributed by atoms with Crippen molar-refractivity contribution in [1.82, 2.24) is 14.8 Å². The van der Waals surface area contributed by atoms with Gasteiger partial charge in [-0.3, -0.25) is 19.5 Å². The standard InChI is InChI=1S/C23H23N3O6/c27-21(16-1-2-17-18(13-16)32-14-31-17)19-20(15-3-5-24-6-4-15)26(23(29)22(19)28)8-7-25-9-11-30-12-10-25/h1-6,13,20,27H,7-12,14H2/t20-/m0/s1. The van der Waals surface area contributed by atoms with Crippen molar-refractivity contribution in [3.63, 3.8) is 0 Å². The minimum atomic E-state index is -0.705. The Labute approximate surface area is 184 Å². The highest BCUT2D eigenvalue weighted by atomic mass is 16.7. The average Bonchev–Trinajstić information content (AvgIpc) is 3.40. The normalized spacial score (nSPS) is 22.5. The summed E-state index contributed by atoms with van der Waals surface area (Å²) in [6, 6.07) is 7.74. The first-order valence-corrected chi connectivity index (χ1v) is 10.5. The van der Waals surface area contributed by atoms with Crippen LogP contribution in [0.4, 0.5) is 0 Å². The number of likely N-dealkylation sites (tertiary alicyclic amines) is 1. The third-order valence-electron chi connectivity index (χ3n) is 5.97. The monoisotopic (exact) mass is 437 g/mol. The molecule has 32 heavy (non-hydrogen) atoms. The summed E-state index contributed by atoms with van der Waals surface area (Å²) in [7, 11) is 0. The highest BCUT2D eigenvalue weighted by Gasteiger charge is 2.46. The molecule has 0 saturated carbocycles. The lowest BCUT2D eigenvalue weighted by Crippen LogP contribution is -2.42. The SMILES string of the molecule is O=C1C(=O)N(CCN2CCOCC2)[C@@H](c2ccncc2)C1=C(O)c1ccc2c(c1)OCO2. The molecule has 3 aliphatic heterocycles. The molecule has 1 N–H and O–H groups in total. The van der Waals surface area contributed by atoms with Crippen molar-refractivity contribution in [2.45, 2.75) is 6.04 Å². The molecule has 1 aromatic heterocycles. The van der Waals surface area contributed by atoms with E-state index in [0.29, 0.717) is 48.9 Å². The number of carbonyl (C=O) groups is 2. The minimum Gasteiger partial charge on any atom is -0.507 e. The number of carbonyl (C=O) groups excluding carboxylic acids is 2. The summed E-state index contributed by atoms with van der Waals surface area (Å²) in [5.74, 6) is -0.516. The summed E-state index contributed by atoms with van der Waals surface area (Å²) in [6.07, 6.45) is 3.22. The van der Waals surface area contributed by atoms with Crippen molar-refractivity contribution in [3.05, 3.63) is 59.4 Å². The maximum absolute atomic E-state index is 13.1. The number of morpholine rings is 1. The molecule has 3 aliphatic rings. The minimum absolute atomic E-state index is 0.0574. The highest BCUT2D eigenvalue weighted by molar-refractivity contribution is 6.46. The van der Waals surface area contributed by atoms with E-state index in [-0.39, 0.29) is 18.1 Å². The van der Waals surface area contributed by atoms with E-state index >= 15 is 0 Å². The van der Waals surface area contributed by atoms with E-state index in [1.807, 2.05) is 0 Å². The van der Waals surface area contributed by atoms with Gasteiger partial charge in [0, 0.05) is 44.1 Å². The van der Waals surface area contributed by atoms with E-state index in [1.165, 1.54) is 4.90 Å². The zero-order valence-corrected chi connectivity index (χ0v) is 17.4. The Morgan fingerprint density at radius 3 is 2.56 bits per heavy atom. The molecule has 1 amide bonds. The predicted molar refractivity (Wildman–Crippen MR) is 113 cm³/mol. The van der Waals surface area contributed by atoms with Crippen LogP contribution in [-0.4, -0.2) is 77.8 Å². The molecular formula is C23H23N3O6. The van der Waals surface area contributed by atoms with Gasteiger partial charge in [0.2, 0.25) is 6.79 Å². The van der Waals surface area contributed by atoms with Crippen molar-refractivity contribution >= 4 is 17.4 Å². The Hall–Kier alpha value is -3.43. The zero-order valence-electron chi connectivity index (χ0n) is 17.4. The Balaban J connectivity index is 1.52. The van der Waals surface area contributed by atoms with Gasteiger partial charge in [0.15, 0.2) is 11.5 Å². The third-order valence-corrected chi connectivity index (χ3v) is 5.97. The van der Waals surface area contributed by atoms with Crippen LogP contribution in [0.3, 0.4) is 0 Å². The predicted octanol–water partition coefficient (Wildman–Crippen LogP) is 1.56. The maximum Gasteiger partial charge on any atom is 0.295 e. The molecule has 2 aromatic rings.